The van der Waals surface area contributed by atoms with E-state index < -0.39 is 43.4 Å². The van der Waals surface area contributed by atoms with Gasteiger partial charge in [-0.05, 0) is 6.07 Å². The van der Waals surface area contributed by atoms with Crippen molar-refractivity contribution in [1.29, 1.82) is 0 Å². The summed E-state index contributed by atoms with van der Waals surface area (Å²) in [6.07, 6.45) is 0.974. The molecule has 0 fully saturated rings. The van der Waals surface area contributed by atoms with Crippen LogP contribution in [0, 0.1) is 15.9 Å². The lowest BCUT2D eigenvalue weighted by atomic mass is 10.1. The van der Waals surface area contributed by atoms with Crippen LogP contribution in [0.2, 0.25) is 0 Å². The van der Waals surface area contributed by atoms with E-state index in [1.54, 1.807) is 0 Å². The maximum Gasteiger partial charge on any atom is 0.293 e. The Morgan fingerprint density at radius 2 is 2.10 bits per heavy atom. The molecule has 8 nitrogen and oxygen atoms in total. The van der Waals surface area contributed by atoms with Gasteiger partial charge in [0.25, 0.3) is 11.6 Å². The molecular formula is C10H12FN3O5S. The second-order valence-corrected chi connectivity index (χ2v) is 6.26. The van der Waals surface area contributed by atoms with Gasteiger partial charge in [0.1, 0.15) is 26.9 Å². The number of hydrogen-bond acceptors (Lipinski definition) is 6. The summed E-state index contributed by atoms with van der Waals surface area (Å²) in [6.45, 7) is -0.251. The fourth-order valence-corrected chi connectivity index (χ4v) is 1.88. The topological polar surface area (TPSA) is 132 Å². The first kappa shape index (κ1) is 15.8. The largest absolute Gasteiger partial charge is 0.392 e. The summed E-state index contributed by atoms with van der Waals surface area (Å²) >= 11 is 0. The number of sulfone groups is 1. The maximum absolute atomic E-state index is 13.5. The first-order valence-corrected chi connectivity index (χ1v) is 7.38. The molecule has 0 heterocycles. The number of carbonyl (C=O) groups is 1. The van der Waals surface area contributed by atoms with Crippen LogP contribution in [0.3, 0.4) is 0 Å². The Morgan fingerprint density at radius 1 is 1.50 bits per heavy atom. The van der Waals surface area contributed by atoms with Gasteiger partial charge in [0, 0.05) is 18.9 Å². The van der Waals surface area contributed by atoms with Crippen LogP contribution in [0.4, 0.5) is 15.8 Å². The highest BCUT2D eigenvalue weighted by Gasteiger charge is 2.23. The van der Waals surface area contributed by atoms with Crippen LogP contribution in [-0.2, 0) is 9.84 Å². The highest BCUT2D eigenvalue weighted by molar-refractivity contribution is 7.90. The number of nitrogens with one attached hydrogen (secondary N) is 1. The smallest absolute Gasteiger partial charge is 0.293 e. The SMILES string of the molecule is CS(=O)(=O)CCNC(=O)c1c(F)ccc([N+](=O)[O-])c1N. The van der Waals surface area contributed by atoms with Gasteiger partial charge >= 0.3 is 0 Å². The molecule has 0 aliphatic carbocycles. The van der Waals surface area contributed by atoms with Crippen molar-refractivity contribution in [3.8, 4) is 0 Å². The van der Waals surface area contributed by atoms with Gasteiger partial charge in [-0.2, -0.15) is 0 Å². The molecule has 110 valence electrons. The molecule has 1 aromatic carbocycles. The number of nitro groups is 1. The van der Waals surface area contributed by atoms with Gasteiger partial charge in [0.05, 0.1) is 10.7 Å². The lowest BCUT2D eigenvalue weighted by Crippen LogP contribution is -2.30. The molecule has 0 saturated heterocycles. The molecule has 20 heavy (non-hydrogen) atoms. The van der Waals surface area contributed by atoms with Crippen LogP contribution in [-0.4, -0.2) is 37.8 Å². The Kier molecular flexibility index (Phi) is 4.61. The van der Waals surface area contributed by atoms with Gasteiger partial charge < -0.3 is 11.1 Å². The number of nitrogens with two attached hydrogens (primary N) is 1. The summed E-state index contributed by atoms with van der Waals surface area (Å²) in [4.78, 5) is 21.5. The van der Waals surface area contributed by atoms with Gasteiger partial charge in [0.2, 0.25) is 0 Å². The number of amides is 1. The van der Waals surface area contributed by atoms with Crippen LogP contribution in [0.1, 0.15) is 10.4 Å². The van der Waals surface area contributed by atoms with E-state index in [4.69, 9.17) is 5.73 Å². The molecule has 0 aromatic heterocycles. The first-order valence-electron chi connectivity index (χ1n) is 5.32. The van der Waals surface area contributed by atoms with E-state index in [9.17, 15) is 27.7 Å². The van der Waals surface area contributed by atoms with Gasteiger partial charge in [-0.15, -0.1) is 0 Å². The molecule has 0 aliphatic rings. The normalized spacial score (nSPS) is 11.1. The van der Waals surface area contributed by atoms with Crippen LogP contribution in [0.5, 0.6) is 0 Å². The number of halogens is 1. The van der Waals surface area contributed by atoms with Crippen molar-refractivity contribution in [3.63, 3.8) is 0 Å². The number of anilines is 1. The van der Waals surface area contributed by atoms with Gasteiger partial charge in [-0.1, -0.05) is 0 Å². The zero-order valence-corrected chi connectivity index (χ0v) is 11.2. The molecule has 0 aliphatic heterocycles. The number of nitrogen functional groups attached to an aromatic ring is 1. The molecule has 0 unspecified atom stereocenters. The van der Waals surface area contributed by atoms with Gasteiger partial charge in [-0.3, -0.25) is 14.9 Å². The second-order valence-electron chi connectivity index (χ2n) is 4.00. The average molecular weight is 305 g/mol. The number of carbonyl (C=O) groups excluding carboxylic acids is 1. The fraction of sp³-hybridized carbons (Fsp3) is 0.300. The standard InChI is InChI=1S/C10H12FN3O5S/c1-20(18,19)5-4-13-10(15)8-6(11)2-3-7(9(8)12)14(16)17/h2-3H,4-5,12H2,1H3,(H,13,15). The quantitative estimate of drug-likeness (QED) is 0.450. The third-order valence-corrected chi connectivity index (χ3v) is 3.30. The zero-order valence-electron chi connectivity index (χ0n) is 10.4. The lowest BCUT2D eigenvalue weighted by molar-refractivity contribution is -0.384. The third-order valence-electron chi connectivity index (χ3n) is 2.35. The molecular weight excluding hydrogens is 293 g/mol. The molecule has 1 aromatic rings. The third kappa shape index (κ3) is 3.88. The van der Waals surface area contributed by atoms with E-state index in [1.807, 2.05) is 0 Å². The van der Waals surface area contributed by atoms with E-state index in [0.29, 0.717) is 0 Å². The van der Waals surface area contributed by atoms with Crippen molar-refractivity contribution in [3.05, 3.63) is 33.6 Å². The molecule has 0 spiro atoms. The summed E-state index contributed by atoms with van der Waals surface area (Å²) in [7, 11) is -3.29. The first-order chi connectivity index (χ1) is 9.13. The van der Waals surface area contributed by atoms with E-state index in [2.05, 4.69) is 5.32 Å². The van der Waals surface area contributed by atoms with E-state index in [1.165, 1.54) is 0 Å². The summed E-state index contributed by atoms with van der Waals surface area (Å²) in [5, 5.41) is 12.8. The van der Waals surface area contributed by atoms with Crippen molar-refractivity contribution >= 4 is 27.1 Å². The highest BCUT2D eigenvalue weighted by atomic mass is 32.2. The Morgan fingerprint density at radius 3 is 2.60 bits per heavy atom. The number of benzene rings is 1. The predicted octanol–water partition coefficient (Wildman–Crippen LogP) is 0.0905. The van der Waals surface area contributed by atoms with Crippen molar-refractivity contribution in [1.82, 2.24) is 5.32 Å². The van der Waals surface area contributed by atoms with Gasteiger partial charge in [0.15, 0.2) is 0 Å². The van der Waals surface area contributed by atoms with Crippen LogP contribution < -0.4 is 11.1 Å². The lowest BCUT2D eigenvalue weighted by Gasteiger charge is -2.08. The van der Waals surface area contributed by atoms with Crippen molar-refractivity contribution in [2.45, 2.75) is 0 Å². The highest BCUT2D eigenvalue weighted by Crippen LogP contribution is 2.27. The average Bonchev–Trinajstić information content (AvgIpc) is 2.26. The van der Waals surface area contributed by atoms with Crippen molar-refractivity contribution in [2.75, 3.05) is 24.3 Å². The fourth-order valence-electron chi connectivity index (χ4n) is 1.41. The minimum Gasteiger partial charge on any atom is -0.392 e. The second kappa shape index (κ2) is 5.82. The van der Waals surface area contributed by atoms with Crippen molar-refractivity contribution < 1.29 is 22.5 Å². The van der Waals surface area contributed by atoms with Gasteiger partial charge in [-0.25, -0.2) is 12.8 Å². The zero-order chi connectivity index (χ0) is 15.5. The predicted molar refractivity (Wildman–Crippen MR) is 69.5 cm³/mol. The van der Waals surface area contributed by atoms with Crippen molar-refractivity contribution in [2.24, 2.45) is 0 Å². The Balaban J connectivity index is 2.98. The molecule has 3 N–H and O–H groups in total. The molecule has 1 amide bonds. The number of hydrogen-bond donors (Lipinski definition) is 2. The molecule has 10 heteroatoms. The molecule has 0 saturated carbocycles. The Hall–Kier alpha value is -2.23. The molecule has 0 atom stereocenters. The number of nitro benzene ring substituents is 1. The maximum atomic E-state index is 13.5. The van der Waals surface area contributed by atoms with E-state index >= 15 is 0 Å². The van der Waals surface area contributed by atoms with Crippen LogP contribution in [0.15, 0.2) is 12.1 Å². The van der Waals surface area contributed by atoms with Crippen LogP contribution >= 0.6 is 0 Å². The van der Waals surface area contributed by atoms with E-state index in [0.717, 1.165) is 18.4 Å². The summed E-state index contributed by atoms with van der Waals surface area (Å²) in [6, 6.07) is 1.60. The van der Waals surface area contributed by atoms with E-state index in [-0.39, 0.29) is 12.3 Å². The molecule has 0 radical (unpaired) electrons. The summed E-state index contributed by atoms with van der Waals surface area (Å²) in [5.41, 5.74) is 3.51. The Labute approximate surface area is 113 Å². The molecule has 1 rings (SSSR count). The number of nitrogens with zero attached hydrogens (tertiary/aromatic N) is 1. The minimum absolute atomic E-state index is 0.251. The van der Waals surface area contributed by atoms with Crippen LogP contribution in [0.25, 0.3) is 0 Å². The monoisotopic (exact) mass is 305 g/mol. The molecule has 0 bridgehead atoms. The number of rotatable bonds is 5. The summed E-state index contributed by atoms with van der Waals surface area (Å²) < 4.78 is 35.3. The Bertz CT molecular complexity index is 659. The minimum atomic E-state index is -3.29. The summed E-state index contributed by atoms with van der Waals surface area (Å²) in [5.74, 6) is -2.37.